The Morgan fingerprint density at radius 1 is 1.28 bits per heavy atom. The minimum atomic E-state index is -0.408. The summed E-state index contributed by atoms with van der Waals surface area (Å²) in [5.74, 6) is -0.490. The van der Waals surface area contributed by atoms with Crippen molar-refractivity contribution in [1.29, 1.82) is 0 Å². The second kappa shape index (κ2) is 9.67. The van der Waals surface area contributed by atoms with Crippen LogP contribution in [-0.2, 0) is 9.53 Å². The molecule has 0 aliphatic carbocycles. The lowest BCUT2D eigenvalue weighted by molar-refractivity contribution is -0.118. The molecular formula is C21H22FN3O3S. The maximum atomic E-state index is 14.1. The molecule has 0 bridgehead atoms. The largest absolute Gasteiger partial charge is 0.385 e. The fourth-order valence-electron chi connectivity index (χ4n) is 2.78. The minimum Gasteiger partial charge on any atom is -0.385 e. The SMILES string of the molecule is COCCCNC(=O)CSc1nc2ccccc2c(=O)n1-c1ccc(C)c(F)c1. The Morgan fingerprint density at radius 3 is 2.83 bits per heavy atom. The lowest BCUT2D eigenvalue weighted by atomic mass is 10.2. The van der Waals surface area contributed by atoms with Gasteiger partial charge >= 0.3 is 0 Å². The number of methoxy groups -OCH3 is 1. The van der Waals surface area contributed by atoms with Crippen LogP contribution in [0.5, 0.6) is 0 Å². The molecule has 8 heteroatoms. The first-order chi connectivity index (χ1) is 14.0. The summed E-state index contributed by atoms with van der Waals surface area (Å²) in [7, 11) is 1.61. The summed E-state index contributed by atoms with van der Waals surface area (Å²) >= 11 is 1.14. The van der Waals surface area contributed by atoms with Gasteiger partial charge in [0.05, 0.1) is 22.3 Å². The summed E-state index contributed by atoms with van der Waals surface area (Å²) in [5.41, 5.74) is 1.09. The quantitative estimate of drug-likeness (QED) is 0.348. The van der Waals surface area contributed by atoms with Crippen LogP contribution in [0.3, 0.4) is 0 Å². The third kappa shape index (κ3) is 5.02. The van der Waals surface area contributed by atoms with Crippen LogP contribution in [0.15, 0.2) is 52.4 Å². The predicted octanol–water partition coefficient (Wildman–Crippen LogP) is 3.08. The fourth-order valence-corrected chi connectivity index (χ4v) is 3.63. The fraction of sp³-hybridized carbons (Fsp3) is 0.286. The molecule has 1 N–H and O–H groups in total. The molecule has 0 aliphatic heterocycles. The average molecular weight is 415 g/mol. The zero-order valence-electron chi connectivity index (χ0n) is 16.3. The van der Waals surface area contributed by atoms with Gasteiger partial charge in [0.25, 0.3) is 5.56 Å². The van der Waals surface area contributed by atoms with Crippen LogP contribution in [0, 0.1) is 12.7 Å². The first-order valence-electron chi connectivity index (χ1n) is 9.18. The third-order valence-electron chi connectivity index (χ3n) is 4.34. The van der Waals surface area contributed by atoms with Crippen molar-refractivity contribution in [2.24, 2.45) is 0 Å². The molecule has 0 unspecified atom stereocenters. The normalized spacial score (nSPS) is 11.0. The number of para-hydroxylation sites is 1. The molecule has 0 atom stereocenters. The van der Waals surface area contributed by atoms with Gasteiger partial charge < -0.3 is 10.1 Å². The van der Waals surface area contributed by atoms with Crippen molar-refractivity contribution < 1.29 is 13.9 Å². The molecule has 0 aliphatic rings. The van der Waals surface area contributed by atoms with Crippen LogP contribution in [0.1, 0.15) is 12.0 Å². The Hall–Kier alpha value is -2.71. The number of nitrogens with zero attached hydrogens (tertiary/aromatic N) is 2. The molecular weight excluding hydrogens is 393 g/mol. The Bertz CT molecular complexity index is 1080. The number of carbonyl (C=O) groups is 1. The van der Waals surface area contributed by atoms with Crippen molar-refractivity contribution in [2.75, 3.05) is 26.0 Å². The third-order valence-corrected chi connectivity index (χ3v) is 5.28. The first-order valence-corrected chi connectivity index (χ1v) is 10.2. The van der Waals surface area contributed by atoms with Crippen molar-refractivity contribution in [2.45, 2.75) is 18.5 Å². The van der Waals surface area contributed by atoms with Gasteiger partial charge in [-0.15, -0.1) is 0 Å². The Morgan fingerprint density at radius 2 is 2.07 bits per heavy atom. The van der Waals surface area contributed by atoms with Crippen molar-refractivity contribution in [3.63, 3.8) is 0 Å². The number of ether oxygens (including phenoxy) is 1. The van der Waals surface area contributed by atoms with Crippen molar-refractivity contribution in [3.8, 4) is 5.69 Å². The highest BCUT2D eigenvalue weighted by Gasteiger charge is 2.15. The van der Waals surface area contributed by atoms with E-state index in [1.807, 2.05) is 0 Å². The summed E-state index contributed by atoms with van der Waals surface area (Å²) < 4.78 is 20.5. The van der Waals surface area contributed by atoms with Gasteiger partial charge in [-0.3, -0.25) is 14.2 Å². The summed E-state index contributed by atoms with van der Waals surface area (Å²) in [6, 6.07) is 11.6. The monoisotopic (exact) mass is 415 g/mol. The molecule has 1 heterocycles. The maximum absolute atomic E-state index is 14.1. The molecule has 1 amide bonds. The van der Waals surface area contributed by atoms with Crippen LogP contribution in [0.4, 0.5) is 4.39 Å². The van der Waals surface area contributed by atoms with Crippen LogP contribution in [-0.4, -0.2) is 41.5 Å². The van der Waals surface area contributed by atoms with Gasteiger partial charge in [0.15, 0.2) is 5.16 Å². The maximum Gasteiger partial charge on any atom is 0.266 e. The number of amides is 1. The van der Waals surface area contributed by atoms with Crippen molar-refractivity contribution in [1.82, 2.24) is 14.9 Å². The zero-order valence-corrected chi connectivity index (χ0v) is 17.1. The van der Waals surface area contributed by atoms with Gasteiger partial charge in [-0.1, -0.05) is 30.0 Å². The van der Waals surface area contributed by atoms with E-state index in [1.54, 1.807) is 50.4 Å². The molecule has 3 rings (SSSR count). The molecule has 6 nitrogen and oxygen atoms in total. The molecule has 0 saturated carbocycles. The van der Waals surface area contributed by atoms with Crippen molar-refractivity contribution in [3.05, 3.63) is 64.2 Å². The van der Waals surface area contributed by atoms with Crippen LogP contribution in [0.25, 0.3) is 16.6 Å². The highest BCUT2D eigenvalue weighted by Crippen LogP contribution is 2.22. The van der Waals surface area contributed by atoms with Gasteiger partial charge in [-0.25, -0.2) is 9.37 Å². The van der Waals surface area contributed by atoms with Gasteiger partial charge in [0.1, 0.15) is 5.82 Å². The standard InChI is InChI=1S/C21H22FN3O3S/c1-14-8-9-15(12-17(14)22)25-20(27)16-6-3-4-7-18(16)24-21(25)29-13-19(26)23-10-5-11-28-2/h3-4,6-9,12H,5,10-11,13H2,1-2H3,(H,23,26). The number of aryl methyl sites for hydroxylation is 1. The molecule has 2 aromatic carbocycles. The average Bonchev–Trinajstić information content (AvgIpc) is 2.72. The van der Waals surface area contributed by atoms with E-state index in [4.69, 9.17) is 4.74 Å². The van der Waals surface area contributed by atoms with E-state index in [-0.39, 0.29) is 17.2 Å². The lowest BCUT2D eigenvalue weighted by Gasteiger charge is -2.14. The molecule has 0 spiro atoms. The van der Waals surface area contributed by atoms with E-state index in [2.05, 4.69) is 10.3 Å². The Balaban J connectivity index is 1.93. The van der Waals surface area contributed by atoms with E-state index in [1.165, 1.54) is 10.6 Å². The number of nitrogens with one attached hydrogen (secondary N) is 1. The number of rotatable bonds is 8. The number of hydrogen-bond acceptors (Lipinski definition) is 5. The molecule has 1 aromatic heterocycles. The molecule has 29 heavy (non-hydrogen) atoms. The molecule has 3 aromatic rings. The molecule has 152 valence electrons. The minimum absolute atomic E-state index is 0.0894. The number of halogens is 1. The van der Waals surface area contributed by atoms with E-state index in [0.29, 0.717) is 46.9 Å². The first kappa shape index (κ1) is 21.0. The summed E-state index contributed by atoms with van der Waals surface area (Å²) in [5, 5.41) is 3.57. The number of benzene rings is 2. The summed E-state index contributed by atoms with van der Waals surface area (Å²) in [4.78, 5) is 29.8. The molecule has 0 fully saturated rings. The van der Waals surface area contributed by atoms with Crippen LogP contribution in [0.2, 0.25) is 0 Å². The number of carbonyl (C=O) groups excluding carboxylic acids is 1. The molecule has 0 saturated heterocycles. The van der Waals surface area contributed by atoms with E-state index < -0.39 is 5.82 Å². The predicted molar refractivity (Wildman–Crippen MR) is 112 cm³/mol. The van der Waals surface area contributed by atoms with Crippen molar-refractivity contribution >= 4 is 28.6 Å². The van der Waals surface area contributed by atoms with E-state index in [0.717, 1.165) is 11.8 Å². The number of fused-ring (bicyclic) bond motifs is 1. The summed E-state index contributed by atoms with van der Waals surface area (Å²) in [6.07, 6.45) is 0.717. The number of hydrogen-bond donors (Lipinski definition) is 1. The zero-order chi connectivity index (χ0) is 20.8. The Labute approximate surface area is 172 Å². The number of thioether (sulfide) groups is 1. The van der Waals surface area contributed by atoms with E-state index in [9.17, 15) is 14.0 Å². The topological polar surface area (TPSA) is 73.2 Å². The summed E-state index contributed by atoms with van der Waals surface area (Å²) in [6.45, 7) is 2.73. The Kier molecular flexibility index (Phi) is 7.00. The van der Waals surface area contributed by atoms with E-state index >= 15 is 0 Å². The lowest BCUT2D eigenvalue weighted by Crippen LogP contribution is -2.28. The number of aromatic nitrogens is 2. The van der Waals surface area contributed by atoms with Crippen LogP contribution < -0.4 is 10.9 Å². The highest BCUT2D eigenvalue weighted by molar-refractivity contribution is 7.99. The second-order valence-electron chi connectivity index (χ2n) is 6.47. The highest BCUT2D eigenvalue weighted by atomic mass is 32.2. The van der Waals surface area contributed by atoms with Gasteiger partial charge in [-0.2, -0.15) is 0 Å². The van der Waals surface area contributed by atoms with Crippen LogP contribution >= 0.6 is 11.8 Å². The second-order valence-corrected chi connectivity index (χ2v) is 7.41. The van der Waals surface area contributed by atoms with Gasteiger partial charge in [-0.05, 0) is 43.2 Å². The smallest absolute Gasteiger partial charge is 0.266 e. The molecule has 0 radical (unpaired) electrons. The van der Waals surface area contributed by atoms with Gasteiger partial charge in [0.2, 0.25) is 5.91 Å². The van der Waals surface area contributed by atoms with Gasteiger partial charge in [0, 0.05) is 20.3 Å².